The number of amides is 1. The van der Waals surface area contributed by atoms with Gasteiger partial charge in [0.15, 0.2) is 0 Å². The average Bonchev–Trinajstić information content (AvgIpc) is 2.88. The lowest BCUT2D eigenvalue weighted by Crippen LogP contribution is -2.62. The van der Waals surface area contributed by atoms with Crippen molar-refractivity contribution in [2.24, 2.45) is 17.8 Å². The highest BCUT2D eigenvalue weighted by atomic mass is 32.2. The molecule has 4 aliphatic carbocycles. The molecular weight excluding hydrogens is 384 g/mol. The minimum atomic E-state index is -3.74. The zero-order valence-electron chi connectivity index (χ0n) is 16.6. The van der Waals surface area contributed by atoms with Gasteiger partial charge in [-0.2, -0.15) is 0 Å². The molecule has 2 aromatic carbocycles. The first kappa shape index (κ1) is 17.8. The van der Waals surface area contributed by atoms with E-state index in [1.165, 1.54) is 23.6 Å². The Labute approximate surface area is 171 Å². The molecule has 2 aromatic rings. The van der Waals surface area contributed by atoms with Gasteiger partial charge in [0.2, 0.25) is 5.91 Å². The summed E-state index contributed by atoms with van der Waals surface area (Å²) in [4.78, 5) is 13.7. The molecule has 5 aliphatic rings. The van der Waals surface area contributed by atoms with Crippen LogP contribution < -0.4 is 9.62 Å². The fraction of sp³-hybridized carbons (Fsp3) is 0.522. The monoisotopic (exact) mass is 410 g/mol. The molecule has 0 spiro atoms. The fourth-order valence-corrected chi connectivity index (χ4v) is 8.94. The van der Waals surface area contributed by atoms with Crippen LogP contribution in [0.3, 0.4) is 0 Å². The number of hydrogen-bond acceptors (Lipinski definition) is 3. The van der Waals surface area contributed by atoms with E-state index in [0.717, 1.165) is 47.8 Å². The average molecular weight is 411 g/mol. The molecule has 7 rings (SSSR count). The maximum Gasteiger partial charge on any atom is 0.265 e. The second-order valence-electron chi connectivity index (χ2n) is 9.80. The predicted octanol–water partition coefficient (Wildman–Crippen LogP) is 3.82. The highest BCUT2D eigenvalue weighted by Gasteiger charge is 2.52. The topological polar surface area (TPSA) is 66.5 Å². The highest BCUT2D eigenvalue weighted by Crippen LogP contribution is 2.55. The minimum Gasteiger partial charge on any atom is -0.349 e. The molecule has 152 valence electrons. The van der Waals surface area contributed by atoms with Gasteiger partial charge in [0.25, 0.3) is 10.0 Å². The SMILES string of the molecule is C[C@H](C(=O)NC12CC3CC(CC(C3)C1)C2)N1c2cccc3cccc(c23)S1(=O)=O. The van der Waals surface area contributed by atoms with E-state index in [1.807, 2.05) is 24.3 Å². The van der Waals surface area contributed by atoms with Gasteiger partial charge in [-0.3, -0.25) is 9.10 Å². The van der Waals surface area contributed by atoms with Crippen LogP contribution in [0.5, 0.6) is 0 Å². The largest absolute Gasteiger partial charge is 0.349 e. The Hall–Kier alpha value is -2.08. The molecule has 5 nitrogen and oxygen atoms in total. The van der Waals surface area contributed by atoms with Gasteiger partial charge in [0.05, 0.1) is 10.6 Å². The number of anilines is 1. The molecule has 0 saturated heterocycles. The van der Waals surface area contributed by atoms with Gasteiger partial charge in [0, 0.05) is 10.9 Å². The van der Waals surface area contributed by atoms with Crippen molar-refractivity contribution in [2.75, 3.05) is 4.31 Å². The van der Waals surface area contributed by atoms with Crippen molar-refractivity contribution in [2.45, 2.75) is 61.9 Å². The lowest BCUT2D eigenvalue weighted by Gasteiger charge is -2.57. The molecule has 0 radical (unpaired) electrons. The Morgan fingerprint density at radius 3 is 2.24 bits per heavy atom. The third-order valence-electron chi connectivity index (χ3n) is 7.78. The van der Waals surface area contributed by atoms with E-state index in [0.29, 0.717) is 10.6 Å². The van der Waals surface area contributed by atoms with E-state index in [-0.39, 0.29) is 11.4 Å². The highest BCUT2D eigenvalue weighted by molar-refractivity contribution is 7.93. The van der Waals surface area contributed by atoms with Gasteiger partial charge in [0.1, 0.15) is 6.04 Å². The normalized spacial score (nSPS) is 34.5. The summed E-state index contributed by atoms with van der Waals surface area (Å²) in [7, 11) is -3.74. The van der Waals surface area contributed by atoms with Crippen LogP contribution in [0.4, 0.5) is 5.69 Å². The van der Waals surface area contributed by atoms with Gasteiger partial charge >= 0.3 is 0 Å². The first-order valence-corrected chi connectivity index (χ1v) is 12.2. The number of nitrogens with one attached hydrogen (secondary N) is 1. The van der Waals surface area contributed by atoms with Gasteiger partial charge in [-0.1, -0.05) is 24.3 Å². The van der Waals surface area contributed by atoms with Crippen molar-refractivity contribution in [3.05, 3.63) is 36.4 Å². The first-order chi connectivity index (χ1) is 13.9. The molecule has 4 saturated carbocycles. The van der Waals surface area contributed by atoms with E-state index in [2.05, 4.69) is 5.32 Å². The first-order valence-electron chi connectivity index (χ1n) is 10.7. The molecular formula is C23H26N2O3S. The lowest BCUT2D eigenvalue weighted by atomic mass is 9.53. The summed E-state index contributed by atoms with van der Waals surface area (Å²) in [6.45, 7) is 1.72. The molecule has 1 heterocycles. The standard InChI is InChI=1S/C23H26N2O3S/c1-14(22(26)24-23-11-15-8-16(12-23)10-17(9-15)13-23)25-19-6-2-4-18-5-3-7-20(21(18)19)29(25,27)28/h2-7,14-17H,8-13H2,1H3,(H,24,26)/t14-,15?,16?,17?,23?/m1/s1. The Morgan fingerprint density at radius 2 is 1.62 bits per heavy atom. The Bertz CT molecular complexity index is 1100. The molecule has 1 N–H and O–H groups in total. The molecule has 4 fully saturated rings. The zero-order valence-corrected chi connectivity index (χ0v) is 17.4. The molecule has 6 heteroatoms. The third-order valence-corrected chi connectivity index (χ3v) is 9.70. The van der Waals surface area contributed by atoms with E-state index < -0.39 is 16.1 Å². The quantitative estimate of drug-likeness (QED) is 0.836. The van der Waals surface area contributed by atoms with Crippen molar-refractivity contribution < 1.29 is 13.2 Å². The maximum atomic E-state index is 13.4. The number of hydrogen-bond donors (Lipinski definition) is 1. The van der Waals surface area contributed by atoms with Gasteiger partial charge in [-0.15, -0.1) is 0 Å². The lowest BCUT2D eigenvalue weighted by molar-refractivity contribution is -0.127. The smallest absolute Gasteiger partial charge is 0.265 e. The minimum absolute atomic E-state index is 0.123. The van der Waals surface area contributed by atoms with E-state index in [4.69, 9.17) is 0 Å². The fourth-order valence-electron chi connectivity index (χ4n) is 7.07. The number of sulfonamides is 1. The molecule has 29 heavy (non-hydrogen) atoms. The summed E-state index contributed by atoms with van der Waals surface area (Å²) in [5.41, 5.74) is 0.494. The summed E-state index contributed by atoms with van der Waals surface area (Å²) in [6.07, 6.45) is 7.09. The Morgan fingerprint density at radius 1 is 1.03 bits per heavy atom. The van der Waals surface area contributed by atoms with Crippen LogP contribution in [-0.2, 0) is 14.8 Å². The third kappa shape index (κ3) is 2.44. The second kappa shape index (κ2) is 5.75. The van der Waals surface area contributed by atoms with E-state index in [1.54, 1.807) is 19.1 Å². The summed E-state index contributed by atoms with van der Waals surface area (Å²) >= 11 is 0. The van der Waals surface area contributed by atoms with Crippen LogP contribution in [0.15, 0.2) is 41.3 Å². The summed E-state index contributed by atoms with van der Waals surface area (Å²) in [6, 6.07) is 10.1. The van der Waals surface area contributed by atoms with Crippen LogP contribution in [-0.4, -0.2) is 25.9 Å². The number of carbonyl (C=O) groups is 1. The van der Waals surface area contributed by atoms with Crippen LogP contribution in [0.1, 0.15) is 45.4 Å². The van der Waals surface area contributed by atoms with Crippen molar-refractivity contribution in [1.29, 1.82) is 0 Å². The number of nitrogens with zero attached hydrogens (tertiary/aromatic N) is 1. The summed E-state index contributed by atoms with van der Waals surface area (Å²) in [5, 5.41) is 4.97. The predicted molar refractivity (Wildman–Crippen MR) is 112 cm³/mol. The summed E-state index contributed by atoms with van der Waals surface area (Å²) < 4.78 is 28.0. The van der Waals surface area contributed by atoms with Crippen LogP contribution in [0.25, 0.3) is 10.8 Å². The van der Waals surface area contributed by atoms with E-state index in [9.17, 15) is 13.2 Å². The van der Waals surface area contributed by atoms with E-state index >= 15 is 0 Å². The number of carbonyl (C=O) groups excluding carboxylic acids is 1. The zero-order chi connectivity index (χ0) is 20.0. The van der Waals surface area contributed by atoms with Gasteiger partial charge in [-0.25, -0.2) is 8.42 Å². The van der Waals surface area contributed by atoms with Crippen molar-refractivity contribution in [3.63, 3.8) is 0 Å². The maximum absolute atomic E-state index is 13.4. The van der Waals surface area contributed by atoms with Crippen molar-refractivity contribution >= 4 is 32.4 Å². The summed E-state index contributed by atoms with van der Waals surface area (Å²) in [5.74, 6) is 2.02. The Balaban J connectivity index is 1.33. The molecule has 1 amide bonds. The van der Waals surface area contributed by atoms with Crippen molar-refractivity contribution in [3.8, 4) is 0 Å². The second-order valence-corrected chi connectivity index (χ2v) is 11.6. The number of rotatable bonds is 3. The number of benzene rings is 2. The molecule has 0 unspecified atom stereocenters. The molecule has 0 aromatic heterocycles. The molecule has 1 aliphatic heterocycles. The van der Waals surface area contributed by atoms with Crippen LogP contribution in [0.2, 0.25) is 0 Å². The van der Waals surface area contributed by atoms with Crippen LogP contribution in [0, 0.1) is 17.8 Å². The van der Waals surface area contributed by atoms with Crippen LogP contribution >= 0.6 is 0 Å². The molecule has 4 bridgehead atoms. The van der Waals surface area contributed by atoms with Gasteiger partial charge in [-0.05, 0) is 80.7 Å². The molecule has 1 atom stereocenters. The Kier molecular flexibility index (Phi) is 3.52. The van der Waals surface area contributed by atoms with Crippen molar-refractivity contribution in [1.82, 2.24) is 5.32 Å². The van der Waals surface area contributed by atoms with Gasteiger partial charge < -0.3 is 5.32 Å².